The molecule has 2 amide bonds. The number of benzene rings is 1. The first-order valence-corrected chi connectivity index (χ1v) is 8.46. The summed E-state index contributed by atoms with van der Waals surface area (Å²) >= 11 is 13.0. The van der Waals surface area contributed by atoms with E-state index < -0.39 is 5.25 Å². The highest BCUT2D eigenvalue weighted by Crippen LogP contribution is 2.37. The smallest absolute Gasteiger partial charge is 0.233 e. The molecule has 23 heavy (non-hydrogen) atoms. The zero-order chi connectivity index (χ0) is 17.1. The Balaban J connectivity index is 2.40. The molecule has 9 heteroatoms. The molecule has 1 heterocycles. The number of amidine groups is 1. The maximum absolute atomic E-state index is 12.2. The minimum atomic E-state index is -0.530. The fourth-order valence-electron chi connectivity index (χ4n) is 2.04. The fraction of sp³-hybridized carbons (Fsp3) is 0.357. The molecule has 2 rings (SSSR count). The standard InChI is InChI=1S/C14H15Cl2N3O3S/c1-3-19-11(20)6-10(13(22)17-2)23-14(19)18-7-4-8(15)12(21)9(16)5-7/h4-5,10,21H,3,6H2,1-2H3,(H,17,22)/t10-/m1/s1. The van der Waals surface area contributed by atoms with Crippen LogP contribution in [0.15, 0.2) is 17.1 Å². The Morgan fingerprint density at radius 3 is 2.61 bits per heavy atom. The number of amides is 2. The highest BCUT2D eigenvalue weighted by molar-refractivity contribution is 8.15. The molecule has 0 unspecified atom stereocenters. The number of phenolic OH excluding ortho intramolecular Hbond substituents is 1. The molecule has 1 atom stereocenters. The van der Waals surface area contributed by atoms with Crippen LogP contribution in [0.25, 0.3) is 0 Å². The Morgan fingerprint density at radius 2 is 2.09 bits per heavy atom. The molecule has 0 spiro atoms. The lowest BCUT2D eigenvalue weighted by Crippen LogP contribution is -2.46. The van der Waals surface area contributed by atoms with E-state index in [1.165, 1.54) is 35.8 Å². The topological polar surface area (TPSA) is 82.0 Å². The monoisotopic (exact) mass is 375 g/mol. The molecule has 0 saturated carbocycles. The molecule has 1 saturated heterocycles. The summed E-state index contributed by atoms with van der Waals surface area (Å²) in [5.41, 5.74) is 0.393. The van der Waals surface area contributed by atoms with Gasteiger partial charge >= 0.3 is 0 Å². The molecule has 1 fully saturated rings. The lowest BCUT2D eigenvalue weighted by molar-refractivity contribution is -0.130. The largest absolute Gasteiger partial charge is 0.505 e. The van der Waals surface area contributed by atoms with E-state index in [0.717, 1.165) is 0 Å². The van der Waals surface area contributed by atoms with Crippen LogP contribution in [0.2, 0.25) is 10.0 Å². The summed E-state index contributed by atoms with van der Waals surface area (Å²) in [6, 6.07) is 2.89. The molecule has 1 aliphatic heterocycles. The second-order valence-corrected chi connectivity index (χ2v) is 6.70. The molecule has 1 aromatic rings. The van der Waals surface area contributed by atoms with Gasteiger partial charge in [0.2, 0.25) is 11.8 Å². The molecule has 124 valence electrons. The quantitative estimate of drug-likeness (QED) is 0.850. The van der Waals surface area contributed by atoms with Crippen LogP contribution in [0, 0.1) is 0 Å². The molecule has 0 aliphatic carbocycles. The minimum Gasteiger partial charge on any atom is -0.505 e. The van der Waals surface area contributed by atoms with Crippen molar-refractivity contribution in [3.63, 3.8) is 0 Å². The molecular weight excluding hydrogens is 361 g/mol. The third-order valence-electron chi connectivity index (χ3n) is 3.22. The number of carbonyl (C=O) groups excluding carboxylic acids is 2. The molecule has 0 aromatic heterocycles. The molecule has 1 aliphatic rings. The second kappa shape index (κ2) is 7.42. The molecule has 0 radical (unpaired) electrons. The van der Waals surface area contributed by atoms with Gasteiger partial charge in [-0.15, -0.1) is 0 Å². The number of hydrogen-bond donors (Lipinski definition) is 2. The van der Waals surface area contributed by atoms with Crippen LogP contribution < -0.4 is 5.32 Å². The fourth-order valence-corrected chi connectivity index (χ4v) is 3.74. The zero-order valence-corrected chi connectivity index (χ0v) is 14.8. The molecular formula is C14H15Cl2N3O3S. The van der Waals surface area contributed by atoms with E-state index in [-0.39, 0.29) is 34.0 Å². The Hall–Kier alpha value is -1.44. The number of hydrogen-bond acceptors (Lipinski definition) is 5. The molecule has 2 N–H and O–H groups in total. The van der Waals surface area contributed by atoms with Gasteiger partial charge in [0, 0.05) is 20.0 Å². The second-order valence-electron chi connectivity index (χ2n) is 4.72. The average Bonchev–Trinajstić information content (AvgIpc) is 2.51. The molecule has 0 bridgehead atoms. The maximum atomic E-state index is 12.2. The summed E-state index contributed by atoms with van der Waals surface area (Å²) in [4.78, 5) is 29.9. The van der Waals surface area contributed by atoms with E-state index in [9.17, 15) is 14.7 Å². The van der Waals surface area contributed by atoms with Gasteiger partial charge in [0.1, 0.15) is 0 Å². The van der Waals surface area contributed by atoms with Crippen LogP contribution in [-0.2, 0) is 9.59 Å². The Bertz CT molecular complexity index is 658. The van der Waals surface area contributed by atoms with Gasteiger partial charge in [-0.25, -0.2) is 4.99 Å². The molecule has 1 aromatic carbocycles. The predicted octanol–water partition coefficient (Wildman–Crippen LogP) is 2.79. The lowest BCUT2D eigenvalue weighted by Gasteiger charge is -2.30. The van der Waals surface area contributed by atoms with E-state index in [4.69, 9.17) is 23.2 Å². The number of nitrogens with one attached hydrogen (secondary N) is 1. The van der Waals surface area contributed by atoms with Gasteiger partial charge in [0.25, 0.3) is 0 Å². The first-order chi connectivity index (χ1) is 10.9. The van der Waals surface area contributed by atoms with Gasteiger partial charge < -0.3 is 10.4 Å². The van der Waals surface area contributed by atoms with Gasteiger partial charge in [0.15, 0.2) is 10.9 Å². The van der Waals surface area contributed by atoms with Crippen molar-refractivity contribution in [3.05, 3.63) is 22.2 Å². The Labute approximate surface area is 147 Å². The van der Waals surface area contributed by atoms with Crippen molar-refractivity contribution in [1.82, 2.24) is 10.2 Å². The van der Waals surface area contributed by atoms with E-state index in [0.29, 0.717) is 17.4 Å². The average molecular weight is 376 g/mol. The lowest BCUT2D eigenvalue weighted by atomic mass is 10.2. The Kier molecular flexibility index (Phi) is 5.78. The number of aliphatic imine (C=N–C) groups is 1. The van der Waals surface area contributed by atoms with Crippen molar-refractivity contribution < 1.29 is 14.7 Å². The number of rotatable bonds is 3. The first-order valence-electron chi connectivity index (χ1n) is 6.82. The number of phenols is 1. The third-order valence-corrected chi connectivity index (χ3v) is 4.99. The first kappa shape index (κ1) is 17.9. The zero-order valence-electron chi connectivity index (χ0n) is 12.5. The van der Waals surface area contributed by atoms with Gasteiger partial charge in [-0.2, -0.15) is 0 Å². The van der Waals surface area contributed by atoms with Gasteiger partial charge in [-0.05, 0) is 19.1 Å². The summed E-state index contributed by atoms with van der Waals surface area (Å²) in [5, 5.41) is 12.1. The highest BCUT2D eigenvalue weighted by atomic mass is 35.5. The predicted molar refractivity (Wildman–Crippen MR) is 92.7 cm³/mol. The normalized spacial score (nSPS) is 20.0. The van der Waals surface area contributed by atoms with Crippen molar-refractivity contribution in [2.24, 2.45) is 4.99 Å². The summed E-state index contributed by atoms with van der Waals surface area (Å²) < 4.78 is 0. The van der Waals surface area contributed by atoms with Gasteiger partial charge in [-0.1, -0.05) is 35.0 Å². The molecule has 6 nitrogen and oxygen atoms in total. The van der Waals surface area contributed by atoms with Crippen molar-refractivity contribution >= 4 is 57.6 Å². The summed E-state index contributed by atoms with van der Waals surface area (Å²) in [6.07, 6.45) is 0.119. The van der Waals surface area contributed by atoms with Crippen LogP contribution in [0.5, 0.6) is 5.75 Å². The SMILES string of the molecule is CCN1C(=O)C[C@H](C(=O)NC)SC1=Nc1cc(Cl)c(O)c(Cl)c1. The summed E-state index contributed by atoms with van der Waals surface area (Å²) in [7, 11) is 1.52. The highest BCUT2D eigenvalue weighted by Gasteiger charge is 2.34. The van der Waals surface area contributed by atoms with Gasteiger partial charge in [-0.3, -0.25) is 14.5 Å². The van der Waals surface area contributed by atoms with Gasteiger partial charge in [0.05, 0.1) is 21.0 Å². The number of thioether (sulfide) groups is 1. The Morgan fingerprint density at radius 1 is 1.48 bits per heavy atom. The van der Waals surface area contributed by atoms with E-state index >= 15 is 0 Å². The number of carbonyl (C=O) groups is 2. The number of halogens is 2. The van der Waals surface area contributed by atoms with Crippen molar-refractivity contribution in [3.8, 4) is 5.75 Å². The van der Waals surface area contributed by atoms with E-state index in [2.05, 4.69) is 10.3 Å². The maximum Gasteiger partial charge on any atom is 0.233 e. The minimum absolute atomic E-state index is 0.0647. The van der Waals surface area contributed by atoms with Crippen LogP contribution >= 0.6 is 35.0 Å². The summed E-state index contributed by atoms with van der Waals surface area (Å²) in [6.45, 7) is 2.26. The van der Waals surface area contributed by atoms with Crippen LogP contribution in [-0.4, -0.2) is 45.8 Å². The van der Waals surface area contributed by atoms with Crippen molar-refractivity contribution in [1.29, 1.82) is 0 Å². The van der Waals surface area contributed by atoms with E-state index in [1.54, 1.807) is 0 Å². The third kappa shape index (κ3) is 3.91. The van der Waals surface area contributed by atoms with Crippen LogP contribution in [0.1, 0.15) is 13.3 Å². The van der Waals surface area contributed by atoms with E-state index in [1.807, 2.05) is 6.92 Å². The number of nitrogens with zero attached hydrogens (tertiary/aromatic N) is 2. The van der Waals surface area contributed by atoms with Crippen molar-refractivity contribution in [2.45, 2.75) is 18.6 Å². The van der Waals surface area contributed by atoms with Crippen molar-refractivity contribution in [2.75, 3.05) is 13.6 Å². The number of aromatic hydroxyl groups is 1. The van der Waals surface area contributed by atoms with Crippen LogP contribution in [0.4, 0.5) is 5.69 Å². The van der Waals surface area contributed by atoms with Crippen LogP contribution in [0.3, 0.4) is 0 Å². The summed E-state index contributed by atoms with van der Waals surface area (Å²) in [5.74, 6) is -0.622.